The van der Waals surface area contributed by atoms with Gasteiger partial charge in [0.25, 0.3) is 5.56 Å². The third kappa shape index (κ3) is 5.16. The van der Waals surface area contributed by atoms with Gasteiger partial charge in [0.1, 0.15) is 11.7 Å². The highest BCUT2D eigenvalue weighted by Crippen LogP contribution is 2.29. The fraction of sp³-hybridized carbons (Fsp3) is 0.393. The van der Waals surface area contributed by atoms with E-state index in [4.69, 9.17) is 0 Å². The van der Waals surface area contributed by atoms with E-state index < -0.39 is 17.5 Å². The van der Waals surface area contributed by atoms with Gasteiger partial charge in [-0.15, -0.1) is 0 Å². The van der Waals surface area contributed by atoms with Crippen LogP contribution >= 0.6 is 0 Å². The normalized spacial score (nSPS) is 16.1. The van der Waals surface area contributed by atoms with Gasteiger partial charge >= 0.3 is 5.69 Å². The molecule has 0 aliphatic carbocycles. The first kappa shape index (κ1) is 25.1. The summed E-state index contributed by atoms with van der Waals surface area (Å²) in [6.45, 7) is 7.10. The number of fused-ring (bicyclic) bond motifs is 1. The molecule has 194 valence electrons. The van der Waals surface area contributed by atoms with Crippen molar-refractivity contribution >= 4 is 11.2 Å². The molecule has 1 aliphatic rings. The summed E-state index contributed by atoms with van der Waals surface area (Å²) in [6.07, 6.45) is 0.477. The summed E-state index contributed by atoms with van der Waals surface area (Å²) in [5.74, 6) is 0.198. The van der Waals surface area contributed by atoms with Crippen LogP contribution in [-0.4, -0.2) is 66.4 Å². The maximum Gasteiger partial charge on any atom is 0.332 e. The molecule has 2 aromatic heterocycles. The highest BCUT2D eigenvalue weighted by atomic mass is 16.3. The molecule has 1 unspecified atom stereocenters. The van der Waals surface area contributed by atoms with Gasteiger partial charge in [-0.25, -0.2) is 9.78 Å². The van der Waals surface area contributed by atoms with Gasteiger partial charge in [-0.1, -0.05) is 74.5 Å². The van der Waals surface area contributed by atoms with Crippen molar-refractivity contribution in [3.8, 4) is 0 Å². The second-order valence-corrected chi connectivity index (χ2v) is 10.1. The Labute approximate surface area is 215 Å². The summed E-state index contributed by atoms with van der Waals surface area (Å²) in [7, 11) is 0. The van der Waals surface area contributed by atoms with Gasteiger partial charge in [-0.3, -0.25) is 23.7 Å². The third-order valence-electron chi connectivity index (χ3n) is 7.06. The molecule has 5 rings (SSSR count). The molecule has 0 radical (unpaired) electrons. The van der Waals surface area contributed by atoms with Crippen LogP contribution in [0.1, 0.15) is 31.0 Å². The Morgan fingerprint density at radius 1 is 0.838 bits per heavy atom. The Hall–Kier alpha value is -3.53. The lowest BCUT2D eigenvalue weighted by molar-refractivity contribution is -0.0402. The number of aromatic nitrogens is 4. The van der Waals surface area contributed by atoms with Crippen molar-refractivity contribution in [1.82, 2.24) is 28.9 Å². The first-order valence-electron chi connectivity index (χ1n) is 12.9. The summed E-state index contributed by atoms with van der Waals surface area (Å²) in [4.78, 5) is 37.7. The number of hydrogen-bond donors (Lipinski definition) is 2. The van der Waals surface area contributed by atoms with Crippen molar-refractivity contribution in [3.05, 3.63) is 99.0 Å². The highest BCUT2D eigenvalue weighted by Gasteiger charge is 2.29. The number of piperazine rings is 1. The first-order chi connectivity index (χ1) is 17.9. The molecule has 0 amide bonds. The fourth-order valence-corrected chi connectivity index (χ4v) is 5.26. The number of benzene rings is 2. The molecule has 9 nitrogen and oxygen atoms in total. The third-order valence-corrected chi connectivity index (χ3v) is 7.06. The minimum absolute atomic E-state index is 0.0917. The highest BCUT2D eigenvalue weighted by molar-refractivity contribution is 5.68. The van der Waals surface area contributed by atoms with E-state index in [0.29, 0.717) is 25.3 Å². The number of nitrogens with zero attached hydrogens (tertiary/aromatic N) is 5. The van der Waals surface area contributed by atoms with E-state index in [1.54, 1.807) is 0 Å². The maximum atomic E-state index is 13.2. The van der Waals surface area contributed by atoms with Crippen molar-refractivity contribution in [2.24, 2.45) is 5.92 Å². The number of rotatable bonds is 8. The van der Waals surface area contributed by atoms with Crippen LogP contribution in [0.15, 0.2) is 76.6 Å². The van der Waals surface area contributed by atoms with E-state index in [-0.39, 0.29) is 24.0 Å². The van der Waals surface area contributed by atoms with Crippen molar-refractivity contribution in [2.75, 3.05) is 26.2 Å². The van der Waals surface area contributed by atoms with Gasteiger partial charge in [-0.2, -0.15) is 0 Å². The molecule has 1 aliphatic heterocycles. The van der Waals surface area contributed by atoms with Crippen molar-refractivity contribution < 1.29 is 5.11 Å². The minimum atomic E-state index is -0.952. The summed E-state index contributed by atoms with van der Waals surface area (Å²) in [6, 6.07) is 21.0. The molecule has 1 fully saturated rings. The monoisotopic (exact) mass is 502 g/mol. The molecule has 4 aromatic rings. The Balaban J connectivity index is 1.34. The van der Waals surface area contributed by atoms with E-state index >= 15 is 0 Å². The van der Waals surface area contributed by atoms with Gasteiger partial charge in [-0.05, 0) is 17.0 Å². The molecule has 2 aromatic carbocycles. The smallest absolute Gasteiger partial charge is 0.332 e. The zero-order valence-electron chi connectivity index (χ0n) is 21.3. The zero-order chi connectivity index (χ0) is 25.9. The summed E-state index contributed by atoms with van der Waals surface area (Å²) in [5.41, 5.74) is 2.20. The Morgan fingerprint density at radius 3 is 1.97 bits per heavy atom. The van der Waals surface area contributed by atoms with E-state index in [1.165, 1.54) is 22.0 Å². The standard InChI is InChI=1S/C28H34N6O3/c1-20(2)17-33-26-24(29-19-30-26)27(36)34(28(33)37)18-23(35)31-13-15-32(16-14-31)25(21-9-5-3-6-10-21)22-11-7-4-8-12-22/h3-12,19-20,23,25,35H,13-18H2,1-2H3,(H,29,30). The maximum absolute atomic E-state index is 13.2. The fourth-order valence-electron chi connectivity index (χ4n) is 5.26. The molecule has 1 saturated heterocycles. The molecule has 0 bridgehead atoms. The lowest BCUT2D eigenvalue weighted by Gasteiger charge is -2.41. The number of nitrogens with one attached hydrogen (secondary N) is 1. The number of aliphatic hydroxyl groups is 1. The average Bonchev–Trinajstić information content (AvgIpc) is 3.41. The molecular weight excluding hydrogens is 468 g/mol. The number of imidazole rings is 1. The van der Waals surface area contributed by atoms with Gasteiger partial charge < -0.3 is 10.1 Å². The van der Waals surface area contributed by atoms with Crippen LogP contribution in [0, 0.1) is 5.92 Å². The summed E-state index contributed by atoms with van der Waals surface area (Å²) < 4.78 is 2.66. The second kappa shape index (κ2) is 10.8. The number of aliphatic hydroxyl groups excluding tert-OH is 1. The average molecular weight is 503 g/mol. The Kier molecular flexibility index (Phi) is 7.36. The van der Waals surface area contributed by atoms with Crippen LogP contribution < -0.4 is 11.2 Å². The van der Waals surface area contributed by atoms with E-state index in [9.17, 15) is 14.7 Å². The zero-order valence-corrected chi connectivity index (χ0v) is 21.3. The predicted octanol–water partition coefficient (Wildman–Crippen LogP) is 2.27. The van der Waals surface area contributed by atoms with Crippen molar-refractivity contribution in [1.29, 1.82) is 0 Å². The van der Waals surface area contributed by atoms with E-state index in [2.05, 4.69) is 63.4 Å². The molecule has 37 heavy (non-hydrogen) atoms. The molecule has 1 atom stereocenters. The van der Waals surface area contributed by atoms with Crippen LogP contribution in [-0.2, 0) is 13.1 Å². The topological polar surface area (TPSA) is 99.4 Å². The Bertz CT molecular complexity index is 1400. The quantitative estimate of drug-likeness (QED) is 0.384. The predicted molar refractivity (Wildman–Crippen MR) is 143 cm³/mol. The molecule has 2 N–H and O–H groups in total. The first-order valence-corrected chi connectivity index (χ1v) is 12.9. The molecule has 9 heteroatoms. The van der Waals surface area contributed by atoms with Gasteiger partial charge in [0.05, 0.1) is 18.9 Å². The van der Waals surface area contributed by atoms with Crippen LogP contribution in [0.3, 0.4) is 0 Å². The van der Waals surface area contributed by atoms with Crippen molar-refractivity contribution in [3.63, 3.8) is 0 Å². The van der Waals surface area contributed by atoms with Gasteiger partial charge in [0.2, 0.25) is 0 Å². The molecule has 0 saturated carbocycles. The van der Waals surface area contributed by atoms with Gasteiger partial charge in [0.15, 0.2) is 5.65 Å². The number of hydrogen-bond acceptors (Lipinski definition) is 6. The molecular formula is C28H34N6O3. The second-order valence-electron chi connectivity index (χ2n) is 10.1. The van der Waals surface area contributed by atoms with E-state index in [1.807, 2.05) is 30.9 Å². The number of H-pyrrole nitrogens is 1. The van der Waals surface area contributed by atoms with Crippen molar-refractivity contribution in [2.45, 2.75) is 39.2 Å². The Morgan fingerprint density at radius 2 is 1.41 bits per heavy atom. The summed E-state index contributed by atoms with van der Waals surface area (Å²) >= 11 is 0. The largest absolute Gasteiger partial charge is 0.376 e. The van der Waals surface area contributed by atoms with Crippen LogP contribution in [0.2, 0.25) is 0 Å². The summed E-state index contributed by atoms with van der Waals surface area (Å²) in [5, 5.41) is 11.1. The lowest BCUT2D eigenvalue weighted by atomic mass is 9.96. The SMILES string of the molecule is CC(C)Cn1c(=O)n(CC(O)N2CCN(C(c3ccccc3)c3ccccc3)CC2)c(=O)c2[nH]cnc21. The van der Waals surface area contributed by atoms with Gasteiger partial charge in [0, 0.05) is 32.7 Å². The van der Waals surface area contributed by atoms with Crippen LogP contribution in [0.4, 0.5) is 0 Å². The van der Waals surface area contributed by atoms with E-state index in [0.717, 1.165) is 17.7 Å². The van der Waals surface area contributed by atoms with Crippen LogP contribution in [0.5, 0.6) is 0 Å². The minimum Gasteiger partial charge on any atom is -0.376 e. The molecule has 3 heterocycles. The molecule has 0 spiro atoms. The number of aromatic amines is 1. The van der Waals surface area contributed by atoms with Crippen LogP contribution in [0.25, 0.3) is 11.2 Å². The lowest BCUT2D eigenvalue weighted by Crippen LogP contribution is -2.54.